The predicted molar refractivity (Wildman–Crippen MR) is 106 cm³/mol. The van der Waals surface area contributed by atoms with Crippen molar-refractivity contribution in [3.8, 4) is 6.07 Å². The van der Waals surface area contributed by atoms with Crippen LogP contribution in [0.5, 0.6) is 0 Å². The molecule has 0 amide bonds. The van der Waals surface area contributed by atoms with Crippen molar-refractivity contribution in [1.29, 1.82) is 5.26 Å². The maximum atomic E-state index is 9.57. The average molecular weight is 364 g/mol. The average Bonchev–Trinajstić information content (AvgIpc) is 3.08. The summed E-state index contributed by atoms with van der Waals surface area (Å²) in [6.45, 7) is 4.05. The molecule has 0 saturated carbocycles. The lowest BCUT2D eigenvalue weighted by molar-refractivity contribution is 0.408. The molecule has 2 aromatic rings. The van der Waals surface area contributed by atoms with Gasteiger partial charge in [0.25, 0.3) is 0 Å². The number of hydrogen-bond acceptors (Lipinski definition) is 5. The number of oxime groups is 1. The number of nitriles is 1. The Hall–Kier alpha value is -2.42. The molecule has 2 aromatic carbocycles. The Morgan fingerprint density at radius 2 is 1.84 bits per heavy atom. The molecule has 0 aliphatic carbocycles. The van der Waals surface area contributed by atoms with E-state index < -0.39 is 0 Å². The van der Waals surface area contributed by atoms with Crippen LogP contribution in [-0.4, -0.2) is 5.04 Å². The maximum Gasteiger partial charge on any atom is 0.142 e. The van der Waals surface area contributed by atoms with E-state index in [2.05, 4.69) is 11.2 Å². The highest BCUT2D eigenvalue weighted by Gasteiger charge is 2.16. The summed E-state index contributed by atoms with van der Waals surface area (Å²) in [4.78, 5) is 1.88. The summed E-state index contributed by atoms with van der Waals surface area (Å²) in [5.74, 6) is 0. The van der Waals surface area contributed by atoms with Gasteiger partial charge in [-0.2, -0.15) is 5.26 Å². The number of thioether (sulfide) groups is 1. The highest BCUT2D eigenvalue weighted by atomic mass is 32.2. The number of benzene rings is 2. The summed E-state index contributed by atoms with van der Waals surface area (Å²) >= 11 is 2.66. The van der Waals surface area contributed by atoms with E-state index in [9.17, 15) is 5.26 Å². The van der Waals surface area contributed by atoms with Crippen LogP contribution in [-0.2, 0) is 4.28 Å². The molecule has 3 nitrogen and oxygen atoms in total. The summed E-state index contributed by atoms with van der Waals surface area (Å²) in [6.07, 6.45) is 3.78. The molecule has 0 spiro atoms. The van der Waals surface area contributed by atoms with Crippen molar-refractivity contribution in [2.75, 3.05) is 0 Å². The maximum absolute atomic E-state index is 9.57. The lowest BCUT2D eigenvalue weighted by atomic mass is 10.0. The Labute approximate surface area is 156 Å². The molecular formula is C20H16N2OS2. The molecule has 3 rings (SSSR count). The van der Waals surface area contributed by atoms with E-state index in [-0.39, 0.29) is 0 Å². The highest BCUT2D eigenvalue weighted by Crippen LogP contribution is 2.35. The first-order valence-corrected chi connectivity index (χ1v) is 9.28. The highest BCUT2D eigenvalue weighted by molar-refractivity contribution is 8.18. The third-order valence-electron chi connectivity index (χ3n) is 3.65. The number of nitrogens with zero attached hydrogens (tertiary/aromatic N) is 2. The van der Waals surface area contributed by atoms with Gasteiger partial charge in [-0.15, -0.1) is 0 Å². The normalized spacial score (nSPS) is 16.8. The first-order valence-electron chi connectivity index (χ1n) is 7.72. The Kier molecular flexibility index (Phi) is 5.64. The Balaban J connectivity index is 1.70. The van der Waals surface area contributed by atoms with Gasteiger partial charge in [-0.1, -0.05) is 58.9 Å². The first kappa shape index (κ1) is 17.4. The number of rotatable bonds is 4. The van der Waals surface area contributed by atoms with E-state index >= 15 is 0 Å². The van der Waals surface area contributed by atoms with Crippen LogP contribution in [0.2, 0.25) is 0 Å². The third kappa shape index (κ3) is 4.36. The van der Waals surface area contributed by atoms with Gasteiger partial charge in [-0.3, -0.25) is 0 Å². The molecule has 5 heteroatoms. The minimum atomic E-state index is 0.663. The molecule has 124 valence electrons. The molecule has 0 atom stereocenters. The van der Waals surface area contributed by atoms with E-state index in [0.717, 1.165) is 26.0 Å². The molecule has 25 heavy (non-hydrogen) atoms. The van der Waals surface area contributed by atoms with Crippen LogP contribution in [0.4, 0.5) is 0 Å². The monoisotopic (exact) mass is 364 g/mol. The van der Waals surface area contributed by atoms with Crippen LogP contribution in [0.1, 0.15) is 16.7 Å². The SMILES string of the molecule is Cc1ccc(SON=C2C=C/C(=C(/C#N)c3ccccc3C)S2)cc1. The topological polar surface area (TPSA) is 45.4 Å². The summed E-state index contributed by atoms with van der Waals surface area (Å²) in [7, 11) is 0. The molecule has 1 aliphatic heterocycles. The van der Waals surface area contributed by atoms with Crippen molar-refractivity contribution in [2.45, 2.75) is 18.7 Å². The van der Waals surface area contributed by atoms with Crippen molar-refractivity contribution in [2.24, 2.45) is 5.16 Å². The predicted octanol–water partition coefficient (Wildman–Crippen LogP) is 5.88. The van der Waals surface area contributed by atoms with Crippen molar-refractivity contribution < 1.29 is 4.28 Å². The zero-order valence-electron chi connectivity index (χ0n) is 13.9. The fourth-order valence-electron chi connectivity index (χ4n) is 2.30. The van der Waals surface area contributed by atoms with E-state index in [1.807, 2.05) is 74.5 Å². The standard InChI is InChI=1S/C20H16N2OS2/c1-14-7-9-16(10-8-14)25-23-22-20-12-11-19(24-20)18(13-21)17-6-4-3-5-15(17)2/h3-12H,1-2H3/b19-18+,22-20?. The Morgan fingerprint density at radius 3 is 2.56 bits per heavy atom. The van der Waals surface area contributed by atoms with Gasteiger partial charge in [-0.25, -0.2) is 0 Å². The van der Waals surface area contributed by atoms with Crippen molar-refractivity contribution in [1.82, 2.24) is 0 Å². The van der Waals surface area contributed by atoms with Crippen LogP contribution in [0.15, 0.2) is 75.6 Å². The first-order chi connectivity index (χ1) is 12.2. The van der Waals surface area contributed by atoms with Gasteiger partial charge in [0.05, 0.1) is 10.5 Å². The van der Waals surface area contributed by atoms with E-state index in [1.54, 1.807) is 0 Å². The van der Waals surface area contributed by atoms with Crippen LogP contribution in [0, 0.1) is 25.2 Å². The van der Waals surface area contributed by atoms with Crippen molar-refractivity contribution in [3.05, 3.63) is 82.3 Å². The molecule has 0 aromatic heterocycles. The lowest BCUT2D eigenvalue weighted by Gasteiger charge is -2.05. The lowest BCUT2D eigenvalue weighted by Crippen LogP contribution is -1.89. The van der Waals surface area contributed by atoms with Gasteiger partial charge in [-0.05, 0) is 49.3 Å². The summed E-state index contributed by atoms with van der Waals surface area (Å²) in [6, 6.07) is 18.3. The zero-order chi connectivity index (χ0) is 17.6. The molecule has 1 heterocycles. The summed E-state index contributed by atoms with van der Waals surface area (Å²) in [5.41, 5.74) is 3.90. The van der Waals surface area contributed by atoms with E-state index in [4.69, 9.17) is 4.28 Å². The van der Waals surface area contributed by atoms with Crippen LogP contribution < -0.4 is 0 Å². The molecule has 1 aliphatic rings. The number of allylic oxidation sites excluding steroid dienone is 2. The smallest absolute Gasteiger partial charge is 0.142 e. The minimum absolute atomic E-state index is 0.663. The van der Waals surface area contributed by atoms with Gasteiger partial charge >= 0.3 is 0 Å². The van der Waals surface area contributed by atoms with Gasteiger partial charge in [0.1, 0.15) is 23.2 Å². The number of hydrogen-bond donors (Lipinski definition) is 0. The molecule has 0 bridgehead atoms. The molecule has 0 unspecified atom stereocenters. The second kappa shape index (κ2) is 8.11. The number of aryl methyl sites for hydroxylation is 2. The third-order valence-corrected chi connectivity index (χ3v) is 5.24. The van der Waals surface area contributed by atoms with Gasteiger partial charge in [0.2, 0.25) is 0 Å². The van der Waals surface area contributed by atoms with Gasteiger partial charge < -0.3 is 4.28 Å². The van der Waals surface area contributed by atoms with Gasteiger partial charge in [0, 0.05) is 4.91 Å². The van der Waals surface area contributed by atoms with Crippen LogP contribution in [0.25, 0.3) is 5.57 Å². The van der Waals surface area contributed by atoms with Crippen molar-refractivity contribution in [3.63, 3.8) is 0 Å². The molecule has 0 N–H and O–H groups in total. The fraction of sp³-hybridized carbons (Fsp3) is 0.100. The van der Waals surface area contributed by atoms with E-state index in [0.29, 0.717) is 5.57 Å². The van der Waals surface area contributed by atoms with Crippen molar-refractivity contribution >= 4 is 34.4 Å². The summed E-state index contributed by atoms with van der Waals surface area (Å²) < 4.78 is 5.36. The zero-order valence-corrected chi connectivity index (χ0v) is 15.5. The molecular weight excluding hydrogens is 348 g/mol. The Morgan fingerprint density at radius 1 is 1.08 bits per heavy atom. The quantitative estimate of drug-likeness (QED) is 0.386. The fourth-order valence-corrected chi connectivity index (χ4v) is 3.63. The van der Waals surface area contributed by atoms with Crippen LogP contribution >= 0.6 is 23.8 Å². The largest absolute Gasteiger partial charge is 0.316 e. The second-order valence-corrected chi connectivity index (χ2v) is 7.35. The van der Waals surface area contributed by atoms with Crippen LogP contribution in [0.3, 0.4) is 0 Å². The molecule has 0 radical (unpaired) electrons. The molecule has 0 fully saturated rings. The minimum Gasteiger partial charge on any atom is -0.316 e. The van der Waals surface area contributed by atoms with Gasteiger partial charge in [0.15, 0.2) is 0 Å². The van der Waals surface area contributed by atoms with E-state index in [1.165, 1.54) is 29.4 Å². The second-order valence-electron chi connectivity index (χ2n) is 5.50. The summed E-state index contributed by atoms with van der Waals surface area (Å²) in [5, 5.41) is 14.4. The Bertz CT molecular complexity index is 906. The molecule has 0 saturated heterocycles.